The lowest BCUT2D eigenvalue weighted by Crippen LogP contribution is -2.38. The SMILES string of the molecule is COc1cc(/C=c2\sc3n(c2=O)C(N)=C(C#N)[C@H](c2ccc(OC(C)C)c(OC)c2)C=3C#N)ccc1OC(C)C. The number of hydrogen-bond donors (Lipinski definition) is 1. The molecule has 2 N–H and O–H groups in total. The maximum atomic E-state index is 13.5. The zero-order valence-electron chi connectivity index (χ0n) is 23.1. The Morgan fingerprint density at radius 3 is 2.02 bits per heavy atom. The number of nitrogens with zero attached hydrogens (tertiary/aromatic N) is 3. The Kier molecular flexibility index (Phi) is 8.22. The number of allylic oxidation sites excluding steroid dienone is 1. The van der Waals surface area contributed by atoms with Gasteiger partial charge in [0.1, 0.15) is 10.5 Å². The number of benzene rings is 2. The van der Waals surface area contributed by atoms with Crippen molar-refractivity contribution in [3.05, 3.63) is 72.6 Å². The van der Waals surface area contributed by atoms with Crippen molar-refractivity contribution in [1.82, 2.24) is 4.57 Å². The lowest BCUT2D eigenvalue weighted by Gasteiger charge is -2.23. The molecule has 0 radical (unpaired) electrons. The van der Waals surface area contributed by atoms with E-state index in [0.717, 1.165) is 11.3 Å². The van der Waals surface area contributed by atoms with Gasteiger partial charge >= 0.3 is 0 Å². The number of nitriles is 2. The van der Waals surface area contributed by atoms with Gasteiger partial charge in [0.05, 0.1) is 60.2 Å². The van der Waals surface area contributed by atoms with Crippen molar-refractivity contribution in [3.8, 4) is 35.1 Å². The van der Waals surface area contributed by atoms with E-state index in [2.05, 4.69) is 12.1 Å². The van der Waals surface area contributed by atoms with Crippen LogP contribution in [0.1, 0.15) is 44.7 Å². The maximum absolute atomic E-state index is 13.5. The molecule has 2 aromatic carbocycles. The molecule has 1 aliphatic heterocycles. The number of thiazole rings is 1. The van der Waals surface area contributed by atoms with E-state index < -0.39 is 11.5 Å². The van der Waals surface area contributed by atoms with Gasteiger partial charge in [0, 0.05) is 0 Å². The summed E-state index contributed by atoms with van der Waals surface area (Å²) in [5, 5.41) is 20.4. The average Bonchev–Trinajstić information content (AvgIpc) is 3.24. The topological polar surface area (TPSA) is 133 Å². The van der Waals surface area contributed by atoms with E-state index in [0.29, 0.717) is 43.3 Å². The molecule has 0 amide bonds. The standard InChI is InChI=1S/C30H30N4O5S/c1-16(2)38-22-9-7-18(11-24(22)36-5)12-26-29(35)34-28(33)20(14-31)27(21(15-32)30(34)40-26)19-8-10-23(39-17(3)4)25(13-19)37-6/h7-13,16-17,27H,33H2,1-6H3/b26-12-/t27-/m0/s1. The lowest BCUT2D eigenvalue weighted by atomic mass is 9.84. The van der Waals surface area contributed by atoms with Gasteiger partial charge in [-0.1, -0.05) is 12.1 Å². The van der Waals surface area contributed by atoms with Crippen molar-refractivity contribution < 1.29 is 18.9 Å². The highest BCUT2D eigenvalue weighted by molar-refractivity contribution is 7.07. The Bertz CT molecular complexity index is 1750. The minimum atomic E-state index is -0.782. The van der Waals surface area contributed by atoms with E-state index in [9.17, 15) is 15.3 Å². The molecule has 0 fully saturated rings. The van der Waals surface area contributed by atoms with E-state index in [1.807, 2.05) is 33.8 Å². The summed E-state index contributed by atoms with van der Waals surface area (Å²) in [5.41, 5.74) is 7.67. The van der Waals surface area contributed by atoms with Gasteiger partial charge in [-0.2, -0.15) is 10.5 Å². The van der Waals surface area contributed by atoms with Gasteiger partial charge in [-0.05, 0) is 69.2 Å². The number of aromatic nitrogens is 1. The molecule has 0 spiro atoms. The first-order chi connectivity index (χ1) is 19.1. The zero-order valence-corrected chi connectivity index (χ0v) is 24.0. The Morgan fingerprint density at radius 2 is 1.48 bits per heavy atom. The smallest absolute Gasteiger partial charge is 0.274 e. The van der Waals surface area contributed by atoms with Gasteiger partial charge in [0.25, 0.3) is 5.56 Å². The number of methoxy groups -OCH3 is 2. The van der Waals surface area contributed by atoms with Crippen molar-refractivity contribution in [3.63, 3.8) is 0 Å². The molecule has 0 aliphatic carbocycles. The first-order valence-corrected chi connectivity index (χ1v) is 13.4. The molecule has 206 valence electrons. The molecule has 10 heteroatoms. The molecule has 1 atom stereocenters. The molecule has 2 heterocycles. The van der Waals surface area contributed by atoms with Crippen LogP contribution in [0.2, 0.25) is 0 Å². The first-order valence-electron chi connectivity index (χ1n) is 12.6. The fourth-order valence-electron chi connectivity index (χ4n) is 4.48. The minimum absolute atomic E-state index is 0.0119. The van der Waals surface area contributed by atoms with Crippen molar-refractivity contribution in [2.24, 2.45) is 5.73 Å². The summed E-state index contributed by atoms with van der Waals surface area (Å²) in [7, 11) is 3.07. The van der Waals surface area contributed by atoms with Crippen molar-refractivity contribution in [2.75, 3.05) is 14.2 Å². The largest absolute Gasteiger partial charge is 0.493 e. The predicted octanol–water partition coefficient (Wildman–Crippen LogP) is 3.45. The normalized spacial score (nSPS) is 15.1. The van der Waals surface area contributed by atoms with E-state index in [-0.39, 0.29) is 29.2 Å². The molecule has 0 saturated carbocycles. The molecule has 0 saturated heterocycles. The molecule has 9 nitrogen and oxygen atoms in total. The molecule has 1 aliphatic rings. The van der Waals surface area contributed by atoms with Crippen LogP contribution in [0.15, 0.2) is 46.8 Å². The van der Waals surface area contributed by atoms with Crippen LogP contribution in [0.25, 0.3) is 17.5 Å². The third kappa shape index (κ3) is 5.27. The Hall–Kier alpha value is -4.67. The highest BCUT2D eigenvalue weighted by Gasteiger charge is 2.32. The van der Waals surface area contributed by atoms with E-state index in [1.165, 1.54) is 11.7 Å². The molecule has 3 aromatic rings. The van der Waals surface area contributed by atoms with E-state index in [4.69, 9.17) is 24.7 Å². The number of rotatable bonds is 8. The minimum Gasteiger partial charge on any atom is -0.493 e. The highest BCUT2D eigenvalue weighted by Crippen LogP contribution is 2.39. The second-order valence-corrected chi connectivity index (χ2v) is 10.6. The summed E-state index contributed by atoms with van der Waals surface area (Å²) in [4.78, 5) is 13.5. The molecule has 4 rings (SSSR count). The Balaban J connectivity index is 1.92. The second kappa shape index (κ2) is 11.6. The first kappa shape index (κ1) is 28.3. The third-order valence-electron chi connectivity index (χ3n) is 6.12. The molecule has 40 heavy (non-hydrogen) atoms. The maximum Gasteiger partial charge on any atom is 0.274 e. The predicted molar refractivity (Wildman–Crippen MR) is 154 cm³/mol. The monoisotopic (exact) mass is 558 g/mol. The van der Waals surface area contributed by atoms with Crippen molar-refractivity contribution in [2.45, 2.75) is 45.8 Å². The number of hydrogen-bond acceptors (Lipinski definition) is 9. The van der Waals surface area contributed by atoms with Crippen molar-refractivity contribution >= 4 is 28.8 Å². The number of nitrogens with two attached hydrogens (primary N) is 1. The molecule has 0 unspecified atom stereocenters. The summed E-state index contributed by atoms with van der Waals surface area (Å²) in [6.45, 7) is 7.65. The molecule has 1 aromatic heterocycles. The van der Waals surface area contributed by atoms with Gasteiger partial charge in [-0.15, -0.1) is 11.3 Å². The van der Waals surface area contributed by atoms with Crippen LogP contribution in [0.3, 0.4) is 0 Å². The van der Waals surface area contributed by atoms with Gasteiger partial charge in [-0.3, -0.25) is 9.36 Å². The third-order valence-corrected chi connectivity index (χ3v) is 7.23. The van der Waals surface area contributed by atoms with Crippen LogP contribution >= 0.6 is 11.3 Å². The highest BCUT2D eigenvalue weighted by atomic mass is 32.1. The zero-order chi connectivity index (χ0) is 29.1. The number of ether oxygens (including phenoxy) is 4. The number of fused-ring (bicyclic) bond motifs is 1. The lowest BCUT2D eigenvalue weighted by molar-refractivity contribution is 0.230. The van der Waals surface area contributed by atoms with Gasteiger partial charge in [0.2, 0.25) is 0 Å². The summed E-state index contributed by atoms with van der Waals surface area (Å²) < 4.78 is 24.6. The Labute approximate surface area is 236 Å². The Morgan fingerprint density at radius 1 is 0.900 bits per heavy atom. The molecule has 0 bridgehead atoms. The van der Waals surface area contributed by atoms with Crippen LogP contribution in [-0.2, 0) is 0 Å². The average molecular weight is 559 g/mol. The van der Waals surface area contributed by atoms with Crippen LogP contribution in [-0.4, -0.2) is 31.0 Å². The van der Waals surface area contributed by atoms with Crippen LogP contribution < -0.4 is 39.4 Å². The van der Waals surface area contributed by atoms with Gasteiger partial charge in [-0.25, -0.2) is 0 Å². The summed E-state index contributed by atoms with van der Waals surface area (Å²) in [6, 6.07) is 15.0. The van der Waals surface area contributed by atoms with Crippen LogP contribution in [0.4, 0.5) is 0 Å². The van der Waals surface area contributed by atoms with Crippen LogP contribution in [0.5, 0.6) is 23.0 Å². The summed E-state index contributed by atoms with van der Waals surface area (Å²) in [5.74, 6) is 1.32. The van der Waals surface area contributed by atoms with Crippen LogP contribution in [0, 0.1) is 22.7 Å². The second-order valence-electron chi connectivity index (χ2n) is 9.58. The quantitative estimate of drug-likeness (QED) is 0.445. The fourth-order valence-corrected chi connectivity index (χ4v) is 5.60. The van der Waals surface area contributed by atoms with E-state index in [1.54, 1.807) is 43.5 Å². The summed E-state index contributed by atoms with van der Waals surface area (Å²) in [6.07, 6.45) is 1.59. The summed E-state index contributed by atoms with van der Waals surface area (Å²) >= 11 is 1.14. The molecular formula is C30H30N4O5S. The van der Waals surface area contributed by atoms with Crippen molar-refractivity contribution in [1.29, 1.82) is 10.5 Å². The van der Waals surface area contributed by atoms with Gasteiger partial charge in [0.15, 0.2) is 23.0 Å². The van der Waals surface area contributed by atoms with Gasteiger partial charge < -0.3 is 24.7 Å². The van der Waals surface area contributed by atoms with E-state index >= 15 is 0 Å². The molecular weight excluding hydrogens is 528 g/mol. The fraction of sp³-hybridized carbons (Fsp3) is 0.300.